The molecule has 0 bridgehead atoms. The third-order valence-electron chi connectivity index (χ3n) is 7.59. The quantitative estimate of drug-likeness (QED) is 0.236. The van der Waals surface area contributed by atoms with Crippen molar-refractivity contribution in [3.05, 3.63) is 143 Å². The van der Waals surface area contributed by atoms with Crippen LogP contribution in [0.25, 0.3) is 0 Å². The fraction of sp³-hybridized carbons (Fsp3) is 0.257. The lowest BCUT2D eigenvalue weighted by Gasteiger charge is -2.45. The predicted molar refractivity (Wildman–Crippen MR) is 159 cm³/mol. The topological polar surface area (TPSA) is 104 Å². The Bertz CT molecular complexity index is 1500. The van der Waals surface area contributed by atoms with Crippen LogP contribution in [0.15, 0.2) is 115 Å². The van der Waals surface area contributed by atoms with E-state index >= 15 is 0 Å². The number of carbonyl (C=O) groups excluding carboxylic acids is 2. The molecule has 9 nitrogen and oxygen atoms in total. The molecule has 1 N–H and O–H groups in total. The SMILES string of the molecule is O=C1c2ccccc2C(=O)N1OC1O[C@H](CO)[C@@H](OCc2ccccc2)[C@H](OCc2ccccc2)[C@H]1OCc1ccccc1. The van der Waals surface area contributed by atoms with Crippen molar-refractivity contribution in [1.82, 2.24) is 5.06 Å². The maximum absolute atomic E-state index is 13.2. The summed E-state index contributed by atoms with van der Waals surface area (Å²) in [5.74, 6) is -1.22. The molecule has 0 aliphatic carbocycles. The molecule has 6 rings (SSSR count). The monoisotopic (exact) mass is 595 g/mol. The number of carbonyl (C=O) groups is 2. The number of nitrogens with zero attached hydrogens (tertiary/aromatic N) is 1. The Kier molecular flexibility index (Phi) is 9.52. The van der Waals surface area contributed by atoms with Crippen LogP contribution in [0.5, 0.6) is 0 Å². The number of ether oxygens (including phenoxy) is 4. The summed E-state index contributed by atoms with van der Waals surface area (Å²) >= 11 is 0. The minimum atomic E-state index is -1.30. The number of aliphatic hydroxyl groups excluding tert-OH is 1. The second-order valence-corrected chi connectivity index (χ2v) is 10.6. The summed E-state index contributed by atoms with van der Waals surface area (Å²) in [5, 5.41) is 11.2. The van der Waals surface area contributed by atoms with Crippen molar-refractivity contribution in [2.45, 2.75) is 50.5 Å². The number of fused-ring (bicyclic) bond motifs is 1. The van der Waals surface area contributed by atoms with E-state index in [1.807, 2.05) is 91.0 Å². The zero-order valence-electron chi connectivity index (χ0n) is 23.9. The van der Waals surface area contributed by atoms with E-state index in [1.54, 1.807) is 24.3 Å². The molecular weight excluding hydrogens is 562 g/mol. The largest absolute Gasteiger partial charge is 0.394 e. The first-order valence-electron chi connectivity index (χ1n) is 14.5. The van der Waals surface area contributed by atoms with Crippen LogP contribution in [-0.2, 0) is 43.6 Å². The minimum Gasteiger partial charge on any atom is -0.394 e. The van der Waals surface area contributed by atoms with Crippen LogP contribution in [0, 0.1) is 0 Å². The van der Waals surface area contributed by atoms with Crippen molar-refractivity contribution in [2.75, 3.05) is 6.61 Å². The van der Waals surface area contributed by atoms with E-state index in [4.69, 9.17) is 23.8 Å². The van der Waals surface area contributed by atoms with E-state index in [0.717, 1.165) is 16.7 Å². The van der Waals surface area contributed by atoms with E-state index in [0.29, 0.717) is 5.06 Å². The van der Waals surface area contributed by atoms with E-state index in [9.17, 15) is 14.7 Å². The fourth-order valence-electron chi connectivity index (χ4n) is 5.34. The molecule has 44 heavy (non-hydrogen) atoms. The van der Waals surface area contributed by atoms with E-state index in [1.165, 1.54) is 0 Å². The second-order valence-electron chi connectivity index (χ2n) is 10.6. The van der Waals surface area contributed by atoms with Crippen molar-refractivity contribution >= 4 is 11.8 Å². The summed E-state index contributed by atoms with van der Waals surface area (Å²) in [6.07, 6.45) is -4.79. The first kappa shape index (κ1) is 29.8. The number of benzene rings is 4. The minimum absolute atomic E-state index is 0.164. The van der Waals surface area contributed by atoms with Gasteiger partial charge in [0.25, 0.3) is 11.8 Å². The van der Waals surface area contributed by atoms with E-state index < -0.39 is 49.1 Å². The molecule has 1 saturated heterocycles. The van der Waals surface area contributed by atoms with Crippen molar-refractivity contribution in [1.29, 1.82) is 0 Å². The van der Waals surface area contributed by atoms with Crippen LogP contribution in [0.3, 0.4) is 0 Å². The molecule has 2 aliphatic rings. The third kappa shape index (κ3) is 6.63. The summed E-state index contributed by atoms with van der Waals surface area (Å²) in [5.41, 5.74) is 3.20. The molecule has 1 unspecified atom stereocenters. The zero-order chi connectivity index (χ0) is 30.3. The van der Waals surface area contributed by atoms with Gasteiger partial charge >= 0.3 is 0 Å². The molecular formula is C35H33NO8. The van der Waals surface area contributed by atoms with Crippen LogP contribution >= 0.6 is 0 Å². The zero-order valence-corrected chi connectivity index (χ0v) is 23.9. The number of rotatable bonds is 12. The molecule has 2 amide bonds. The first-order chi connectivity index (χ1) is 21.6. The summed E-state index contributed by atoms with van der Waals surface area (Å²) in [7, 11) is 0. The molecule has 9 heteroatoms. The van der Waals surface area contributed by atoms with Gasteiger partial charge in [-0.1, -0.05) is 103 Å². The highest BCUT2D eigenvalue weighted by Crippen LogP contribution is 2.33. The maximum atomic E-state index is 13.2. The number of aliphatic hydroxyl groups is 1. The lowest BCUT2D eigenvalue weighted by atomic mass is 9.98. The first-order valence-corrected chi connectivity index (χ1v) is 14.5. The van der Waals surface area contributed by atoms with Crippen LogP contribution in [0.4, 0.5) is 0 Å². The number of amides is 2. The Balaban J connectivity index is 1.32. The fourth-order valence-corrected chi connectivity index (χ4v) is 5.34. The molecule has 1 fully saturated rings. The normalized spacial score (nSPS) is 23.1. The Morgan fingerprint density at radius 2 is 0.977 bits per heavy atom. The van der Waals surface area contributed by atoms with Gasteiger partial charge < -0.3 is 24.1 Å². The van der Waals surface area contributed by atoms with Gasteiger partial charge in [0.05, 0.1) is 37.6 Å². The molecule has 4 aromatic carbocycles. The lowest BCUT2D eigenvalue weighted by molar-refractivity contribution is -0.356. The maximum Gasteiger partial charge on any atom is 0.285 e. The molecule has 0 saturated carbocycles. The smallest absolute Gasteiger partial charge is 0.285 e. The molecule has 226 valence electrons. The second kappa shape index (κ2) is 14.0. The van der Waals surface area contributed by atoms with Gasteiger partial charge in [-0.3, -0.25) is 9.59 Å². The van der Waals surface area contributed by atoms with Gasteiger partial charge in [-0.05, 0) is 28.8 Å². The Morgan fingerprint density at radius 3 is 1.43 bits per heavy atom. The van der Waals surface area contributed by atoms with Crippen LogP contribution in [-0.4, -0.2) is 59.3 Å². The van der Waals surface area contributed by atoms with Gasteiger partial charge in [0.1, 0.15) is 24.4 Å². The van der Waals surface area contributed by atoms with Gasteiger partial charge in [0, 0.05) is 0 Å². The van der Waals surface area contributed by atoms with Gasteiger partial charge in [0.2, 0.25) is 6.29 Å². The van der Waals surface area contributed by atoms with Gasteiger partial charge in [-0.15, -0.1) is 5.06 Å². The number of imide groups is 1. The molecule has 0 radical (unpaired) electrons. The lowest BCUT2D eigenvalue weighted by Crippen LogP contribution is -2.62. The van der Waals surface area contributed by atoms with E-state index in [-0.39, 0.29) is 30.9 Å². The third-order valence-corrected chi connectivity index (χ3v) is 7.59. The summed E-state index contributed by atoms with van der Waals surface area (Å²) in [6, 6.07) is 35.3. The number of hydrogen-bond donors (Lipinski definition) is 1. The number of hydrogen-bond acceptors (Lipinski definition) is 8. The van der Waals surface area contributed by atoms with Crippen molar-refractivity contribution in [3.8, 4) is 0 Å². The van der Waals surface area contributed by atoms with Gasteiger partial charge in [-0.2, -0.15) is 0 Å². The Hall–Kier alpha value is -4.22. The van der Waals surface area contributed by atoms with E-state index in [2.05, 4.69) is 0 Å². The van der Waals surface area contributed by atoms with Crippen LogP contribution < -0.4 is 0 Å². The average molecular weight is 596 g/mol. The van der Waals surface area contributed by atoms with Crippen molar-refractivity contribution in [3.63, 3.8) is 0 Å². The van der Waals surface area contributed by atoms with Crippen molar-refractivity contribution < 1.29 is 38.5 Å². The van der Waals surface area contributed by atoms with Crippen LogP contribution in [0.2, 0.25) is 0 Å². The molecule has 0 spiro atoms. The highest BCUT2D eigenvalue weighted by atomic mass is 16.8. The summed E-state index contributed by atoms with van der Waals surface area (Å²) < 4.78 is 25.5. The van der Waals surface area contributed by atoms with Gasteiger partial charge in [-0.25, -0.2) is 4.84 Å². The molecule has 4 aromatic rings. The van der Waals surface area contributed by atoms with Crippen LogP contribution in [0.1, 0.15) is 37.4 Å². The Labute approximate surface area is 255 Å². The molecule has 0 aromatic heterocycles. The standard InChI is InChI=1S/C35H33NO8/c37-20-29-30(40-21-24-12-4-1-5-13-24)31(41-22-25-14-6-2-7-15-25)32(42-23-26-16-8-3-9-17-26)35(43-29)44-36-33(38)27-18-10-11-19-28(27)34(36)39/h1-19,29-32,35,37H,20-23H2/t29-,30-,31+,32-,35?/m1/s1. The molecule has 5 atom stereocenters. The van der Waals surface area contributed by atoms with Crippen molar-refractivity contribution in [2.24, 2.45) is 0 Å². The molecule has 2 aliphatic heterocycles. The predicted octanol–water partition coefficient (Wildman–Crippen LogP) is 4.69. The average Bonchev–Trinajstić information content (AvgIpc) is 3.32. The highest BCUT2D eigenvalue weighted by molar-refractivity contribution is 6.20. The number of hydroxylamine groups is 2. The summed E-state index contributed by atoms with van der Waals surface area (Å²) in [4.78, 5) is 32.5. The highest BCUT2D eigenvalue weighted by Gasteiger charge is 2.51. The molecule has 2 heterocycles. The Morgan fingerprint density at radius 1 is 0.568 bits per heavy atom. The van der Waals surface area contributed by atoms with Gasteiger partial charge in [0.15, 0.2) is 0 Å². The summed E-state index contributed by atoms with van der Waals surface area (Å²) in [6.45, 7) is 0.168.